The average Bonchev–Trinajstić information content (AvgIpc) is 2.84. The van der Waals surface area contributed by atoms with Crippen LogP contribution in [0.15, 0.2) is 28.9 Å². The summed E-state index contributed by atoms with van der Waals surface area (Å²) < 4.78 is 5.14. The fourth-order valence-electron chi connectivity index (χ4n) is 2.31. The molecule has 0 aliphatic carbocycles. The van der Waals surface area contributed by atoms with Crippen LogP contribution < -0.4 is 5.32 Å². The zero-order chi connectivity index (χ0) is 15.4. The van der Waals surface area contributed by atoms with Crippen molar-refractivity contribution in [2.45, 2.75) is 46.5 Å². The van der Waals surface area contributed by atoms with Gasteiger partial charge < -0.3 is 9.73 Å². The molecule has 0 saturated carbocycles. The van der Waals surface area contributed by atoms with E-state index in [-0.39, 0.29) is 5.91 Å². The average molecular weight is 286 g/mol. The van der Waals surface area contributed by atoms with Crippen LogP contribution in [-0.2, 0) is 11.2 Å². The van der Waals surface area contributed by atoms with Crippen LogP contribution in [-0.4, -0.2) is 10.9 Å². The van der Waals surface area contributed by atoms with Gasteiger partial charge in [-0.3, -0.25) is 4.79 Å². The lowest BCUT2D eigenvalue weighted by atomic mass is 9.98. The second kappa shape index (κ2) is 6.57. The molecule has 0 radical (unpaired) electrons. The number of anilines is 1. The molecule has 21 heavy (non-hydrogen) atoms. The summed E-state index contributed by atoms with van der Waals surface area (Å²) in [4.78, 5) is 16.4. The lowest BCUT2D eigenvalue weighted by Crippen LogP contribution is -2.15. The number of benzene rings is 1. The van der Waals surface area contributed by atoms with Crippen LogP contribution in [0.2, 0.25) is 0 Å². The van der Waals surface area contributed by atoms with E-state index in [1.165, 1.54) is 5.56 Å². The Balaban J connectivity index is 2.02. The molecule has 0 aliphatic heterocycles. The quantitative estimate of drug-likeness (QED) is 0.904. The summed E-state index contributed by atoms with van der Waals surface area (Å²) in [6.07, 6.45) is 2.60. The maximum atomic E-state index is 12.2. The molecule has 2 rings (SSSR count). The highest BCUT2D eigenvalue weighted by atomic mass is 16.3. The van der Waals surface area contributed by atoms with Crippen LogP contribution >= 0.6 is 0 Å². The summed E-state index contributed by atoms with van der Waals surface area (Å²) in [6, 6.07) is 6.11. The van der Waals surface area contributed by atoms with Gasteiger partial charge in [0.05, 0.1) is 5.69 Å². The summed E-state index contributed by atoms with van der Waals surface area (Å²) >= 11 is 0. The van der Waals surface area contributed by atoms with E-state index in [0.29, 0.717) is 24.7 Å². The van der Waals surface area contributed by atoms with E-state index in [1.807, 2.05) is 19.1 Å². The molecule has 0 bridgehead atoms. The summed E-state index contributed by atoms with van der Waals surface area (Å²) in [7, 11) is 0. The normalized spacial score (nSPS) is 10.9. The Labute approximate surface area is 125 Å². The summed E-state index contributed by atoms with van der Waals surface area (Å²) in [5.41, 5.74) is 4.01. The van der Waals surface area contributed by atoms with Crippen LogP contribution in [0.4, 0.5) is 5.69 Å². The molecular weight excluding hydrogens is 264 g/mol. The number of hydrogen-bond acceptors (Lipinski definition) is 3. The first-order chi connectivity index (χ1) is 9.97. The van der Waals surface area contributed by atoms with Crippen molar-refractivity contribution in [1.82, 2.24) is 4.98 Å². The Morgan fingerprint density at radius 2 is 2.10 bits per heavy atom. The number of rotatable bonds is 5. The number of para-hydroxylation sites is 1. The lowest BCUT2D eigenvalue weighted by Gasteiger charge is -2.16. The Morgan fingerprint density at radius 3 is 2.71 bits per heavy atom. The minimum Gasteiger partial charge on any atom is -0.449 e. The highest BCUT2D eigenvalue weighted by molar-refractivity contribution is 5.92. The van der Waals surface area contributed by atoms with Crippen LogP contribution in [0.3, 0.4) is 0 Å². The van der Waals surface area contributed by atoms with E-state index in [2.05, 4.69) is 30.2 Å². The van der Waals surface area contributed by atoms with Crippen molar-refractivity contribution in [3.63, 3.8) is 0 Å². The van der Waals surface area contributed by atoms with Crippen molar-refractivity contribution in [1.29, 1.82) is 0 Å². The van der Waals surface area contributed by atoms with E-state index >= 15 is 0 Å². The van der Waals surface area contributed by atoms with Gasteiger partial charge in [0.25, 0.3) is 0 Å². The largest absolute Gasteiger partial charge is 0.449 e. The van der Waals surface area contributed by atoms with Gasteiger partial charge in [0.2, 0.25) is 5.91 Å². The van der Waals surface area contributed by atoms with E-state index in [0.717, 1.165) is 16.9 Å². The maximum absolute atomic E-state index is 12.2. The topological polar surface area (TPSA) is 55.1 Å². The summed E-state index contributed by atoms with van der Waals surface area (Å²) in [5.74, 6) is 1.01. The molecule has 2 aromatic rings. The minimum atomic E-state index is 0.00635. The van der Waals surface area contributed by atoms with Crippen molar-refractivity contribution < 1.29 is 9.21 Å². The van der Waals surface area contributed by atoms with E-state index in [4.69, 9.17) is 4.42 Å². The summed E-state index contributed by atoms with van der Waals surface area (Å²) in [5, 5.41) is 3.04. The number of hydrogen-bond donors (Lipinski definition) is 1. The molecular formula is C17H22N2O2. The predicted octanol–water partition coefficient (Wildman–Crippen LogP) is 3.99. The van der Waals surface area contributed by atoms with Gasteiger partial charge in [-0.1, -0.05) is 32.0 Å². The third-order valence-electron chi connectivity index (χ3n) is 3.47. The van der Waals surface area contributed by atoms with Crippen LogP contribution in [0.5, 0.6) is 0 Å². The molecule has 0 unspecified atom stereocenters. The van der Waals surface area contributed by atoms with Crippen molar-refractivity contribution >= 4 is 11.6 Å². The van der Waals surface area contributed by atoms with Gasteiger partial charge in [-0.05, 0) is 24.0 Å². The Morgan fingerprint density at radius 1 is 1.33 bits per heavy atom. The third-order valence-corrected chi connectivity index (χ3v) is 3.47. The molecule has 0 aliphatic rings. The molecule has 0 atom stereocenters. The number of carbonyl (C=O) groups excluding carboxylic acids is 1. The molecule has 112 valence electrons. The van der Waals surface area contributed by atoms with Gasteiger partial charge >= 0.3 is 0 Å². The number of amides is 1. The molecule has 1 N–H and O–H groups in total. The fraction of sp³-hybridized carbons (Fsp3) is 0.412. The molecule has 0 spiro atoms. The van der Waals surface area contributed by atoms with Crippen LogP contribution in [0.25, 0.3) is 0 Å². The fourth-order valence-corrected chi connectivity index (χ4v) is 2.31. The Hall–Kier alpha value is -2.10. The highest BCUT2D eigenvalue weighted by Crippen LogP contribution is 2.27. The van der Waals surface area contributed by atoms with Crippen LogP contribution in [0.1, 0.15) is 48.9 Å². The van der Waals surface area contributed by atoms with E-state index < -0.39 is 0 Å². The Kier molecular flexibility index (Phi) is 4.78. The van der Waals surface area contributed by atoms with Crippen molar-refractivity contribution in [2.75, 3.05) is 5.32 Å². The predicted molar refractivity (Wildman–Crippen MR) is 83.5 cm³/mol. The molecule has 4 nitrogen and oxygen atoms in total. The number of nitrogens with one attached hydrogen (secondary N) is 1. The van der Waals surface area contributed by atoms with Crippen molar-refractivity contribution in [3.05, 3.63) is 47.2 Å². The van der Waals surface area contributed by atoms with Gasteiger partial charge in [-0.25, -0.2) is 4.98 Å². The zero-order valence-corrected chi connectivity index (χ0v) is 13.1. The molecule has 1 amide bonds. The second-order valence-electron chi connectivity index (χ2n) is 5.60. The number of oxazole rings is 1. The zero-order valence-electron chi connectivity index (χ0n) is 13.1. The smallest absolute Gasteiger partial charge is 0.224 e. The van der Waals surface area contributed by atoms with Gasteiger partial charge in [0.15, 0.2) is 5.89 Å². The second-order valence-corrected chi connectivity index (χ2v) is 5.60. The number of carbonyl (C=O) groups is 1. The molecule has 0 saturated heterocycles. The van der Waals surface area contributed by atoms with Gasteiger partial charge in [0.1, 0.15) is 6.26 Å². The van der Waals surface area contributed by atoms with Gasteiger partial charge in [-0.2, -0.15) is 0 Å². The standard InChI is InChI=1S/C17H22N2O2/c1-11(2)15-7-5-6-12(3)17(15)19-16(20)9-8-14-10-21-13(4)18-14/h5-7,10-11H,8-9H2,1-4H3,(H,19,20). The van der Waals surface area contributed by atoms with E-state index in [1.54, 1.807) is 13.2 Å². The summed E-state index contributed by atoms with van der Waals surface area (Å²) in [6.45, 7) is 8.07. The third kappa shape index (κ3) is 3.94. The molecule has 1 aromatic heterocycles. The number of aromatic nitrogens is 1. The Bertz CT molecular complexity index is 629. The first-order valence-corrected chi connectivity index (χ1v) is 7.27. The van der Waals surface area contributed by atoms with Gasteiger partial charge in [0, 0.05) is 25.5 Å². The number of nitrogens with zero attached hydrogens (tertiary/aromatic N) is 1. The van der Waals surface area contributed by atoms with Crippen molar-refractivity contribution in [3.8, 4) is 0 Å². The maximum Gasteiger partial charge on any atom is 0.224 e. The van der Waals surface area contributed by atoms with Gasteiger partial charge in [-0.15, -0.1) is 0 Å². The monoisotopic (exact) mass is 286 g/mol. The van der Waals surface area contributed by atoms with Crippen molar-refractivity contribution in [2.24, 2.45) is 0 Å². The highest BCUT2D eigenvalue weighted by Gasteiger charge is 2.12. The molecule has 4 heteroatoms. The minimum absolute atomic E-state index is 0.00635. The van der Waals surface area contributed by atoms with E-state index in [9.17, 15) is 4.79 Å². The first-order valence-electron chi connectivity index (χ1n) is 7.27. The lowest BCUT2D eigenvalue weighted by molar-refractivity contribution is -0.116. The van der Waals surface area contributed by atoms with Crippen LogP contribution in [0, 0.1) is 13.8 Å². The molecule has 1 heterocycles. The number of aryl methyl sites for hydroxylation is 3. The first kappa shape index (κ1) is 15.3. The molecule has 1 aromatic carbocycles. The molecule has 0 fully saturated rings. The SMILES string of the molecule is Cc1nc(CCC(=O)Nc2c(C)cccc2C(C)C)co1.